The molecule has 1 unspecified atom stereocenters. The zero-order valence-corrected chi connectivity index (χ0v) is 12.3. The standard InChI is InChI=1S/C18H19FN2O/c19-17-9-5-4-8-16(17)18(22)21-11-10-20-15(13-21)12-14-6-2-1-3-7-14/h1-9,15,20H,10-13H2. The van der Waals surface area contributed by atoms with Gasteiger partial charge in [0.05, 0.1) is 5.56 Å². The molecule has 3 rings (SSSR count). The number of carbonyl (C=O) groups is 1. The van der Waals surface area contributed by atoms with Crippen molar-refractivity contribution < 1.29 is 9.18 Å². The van der Waals surface area contributed by atoms with Crippen LogP contribution in [-0.2, 0) is 6.42 Å². The lowest BCUT2D eigenvalue weighted by Crippen LogP contribution is -2.53. The highest BCUT2D eigenvalue weighted by Gasteiger charge is 2.25. The van der Waals surface area contributed by atoms with E-state index in [1.807, 2.05) is 18.2 Å². The van der Waals surface area contributed by atoms with E-state index < -0.39 is 5.82 Å². The van der Waals surface area contributed by atoms with E-state index in [9.17, 15) is 9.18 Å². The van der Waals surface area contributed by atoms with Crippen molar-refractivity contribution in [2.24, 2.45) is 0 Å². The van der Waals surface area contributed by atoms with Crippen LogP contribution >= 0.6 is 0 Å². The van der Waals surface area contributed by atoms with Crippen LogP contribution in [0.1, 0.15) is 15.9 Å². The SMILES string of the molecule is O=C(c1ccccc1F)N1CCNC(Cc2ccccc2)C1. The Kier molecular flexibility index (Phi) is 4.49. The van der Waals surface area contributed by atoms with Crippen molar-refractivity contribution in [2.45, 2.75) is 12.5 Å². The van der Waals surface area contributed by atoms with E-state index in [1.54, 1.807) is 23.1 Å². The fourth-order valence-corrected chi connectivity index (χ4v) is 2.85. The van der Waals surface area contributed by atoms with Crippen LogP contribution in [0.3, 0.4) is 0 Å². The summed E-state index contributed by atoms with van der Waals surface area (Å²) in [5.74, 6) is -0.677. The molecule has 4 heteroatoms. The largest absolute Gasteiger partial charge is 0.336 e. The highest BCUT2D eigenvalue weighted by atomic mass is 19.1. The second-order valence-electron chi connectivity index (χ2n) is 5.57. The number of benzene rings is 2. The third-order valence-corrected chi connectivity index (χ3v) is 3.97. The van der Waals surface area contributed by atoms with Gasteiger partial charge >= 0.3 is 0 Å². The maximum atomic E-state index is 13.8. The Labute approximate surface area is 129 Å². The van der Waals surface area contributed by atoms with Crippen molar-refractivity contribution in [3.63, 3.8) is 0 Å². The van der Waals surface area contributed by atoms with Gasteiger partial charge in [0.1, 0.15) is 5.82 Å². The molecular formula is C18H19FN2O. The molecule has 22 heavy (non-hydrogen) atoms. The zero-order chi connectivity index (χ0) is 15.4. The highest BCUT2D eigenvalue weighted by molar-refractivity contribution is 5.94. The lowest BCUT2D eigenvalue weighted by molar-refractivity contribution is 0.0698. The third kappa shape index (κ3) is 3.34. The summed E-state index contributed by atoms with van der Waals surface area (Å²) < 4.78 is 13.8. The Bertz CT molecular complexity index is 645. The molecule has 0 aliphatic carbocycles. The van der Waals surface area contributed by atoms with Crippen LogP contribution in [-0.4, -0.2) is 36.5 Å². The maximum absolute atomic E-state index is 13.8. The molecule has 2 aromatic rings. The first-order valence-corrected chi connectivity index (χ1v) is 7.55. The van der Waals surface area contributed by atoms with Crippen molar-refractivity contribution in [2.75, 3.05) is 19.6 Å². The molecule has 1 saturated heterocycles. The van der Waals surface area contributed by atoms with E-state index in [4.69, 9.17) is 0 Å². The van der Waals surface area contributed by atoms with E-state index in [-0.39, 0.29) is 17.5 Å². The summed E-state index contributed by atoms with van der Waals surface area (Å²) in [5.41, 5.74) is 1.39. The minimum atomic E-state index is -0.453. The molecule has 114 valence electrons. The molecule has 1 atom stereocenters. The van der Waals surface area contributed by atoms with Crippen molar-refractivity contribution in [3.8, 4) is 0 Å². The molecule has 0 saturated carbocycles. The molecule has 0 bridgehead atoms. The highest BCUT2D eigenvalue weighted by Crippen LogP contribution is 2.13. The summed E-state index contributed by atoms with van der Waals surface area (Å²) in [7, 11) is 0. The molecule has 0 radical (unpaired) electrons. The number of nitrogens with zero attached hydrogens (tertiary/aromatic N) is 1. The molecule has 3 nitrogen and oxygen atoms in total. The molecule has 1 amide bonds. The van der Waals surface area contributed by atoms with Gasteiger partial charge in [-0.1, -0.05) is 42.5 Å². The fraction of sp³-hybridized carbons (Fsp3) is 0.278. The van der Waals surface area contributed by atoms with Gasteiger partial charge in [-0.2, -0.15) is 0 Å². The minimum Gasteiger partial charge on any atom is -0.336 e. The summed E-state index contributed by atoms with van der Waals surface area (Å²) in [5, 5.41) is 3.43. The number of piperazine rings is 1. The van der Waals surface area contributed by atoms with Gasteiger partial charge in [0.25, 0.3) is 5.91 Å². The molecule has 1 N–H and O–H groups in total. The van der Waals surface area contributed by atoms with Crippen LogP contribution in [0, 0.1) is 5.82 Å². The molecule has 0 spiro atoms. The number of rotatable bonds is 3. The van der Waals surface area contributed by atoms with Crippen molar-refractivity contribution >= 4 is 5.91 Å². The number of carbonyl (C=O) groups excluding carboxylic acids is 1. The Hall–Kier alpha value is -2.20. The topological polar surface area (TPSA) is 32.3 Å². The summed E-state index contributed by atoms with van der Waals surface area (Å²) >= 11 is 0. The van der Waals surface area contributed by atoms with Crippen molar-refractivity contribution in [1.82, 2.24) is 10.2 Å². The monoisotopic (exact) mass is 298 g/mol. The van der Waals surface area contributed by atoms with E-state index in [0.29, 0.717) is 13.1 Å². The smallest absolute Gasteiger partial charge is 0.256 e. The summed E-state index contributed by atoms with van der Waals surface area (Å²) in [6.45, 7) is 1.94. The second kappa shape index (κ2) is 6.71. The number of hydrogen-bond acceptors (Lipinski definition) is 2. The first kappa shape index (κ1) is 14.7. The lowest BCUT2D eigenvalue weighted by atomic mass is 10.0. The van der Waals surface area contributed by atoms with Crippen molar-refractivity contribution in [1.29, 1.82) is 0 Å². The number of halogens is 1. The predicted molar refractivity (Wildman–Crippen MR) is 84.2 cm³/mol. The molecule has 2 aromatic carbocycles. The van der Waals surface area contributed by atoms with Crippen LogP contribution in [0.2, 0.25) is 0 Å². The van der Waals surface area contributed by atoms with Crippen molar-refractivity contribution in [3.05, 3.63) is 71.5 Å². The van der Waals surface area contributed by atoms with Gasteiger partial charge in [0.2, 0.25) is 0 Å². The Morgan fingerprint density at radius 2 is 1.86 bits per heavy atom. The second-order valence-corrected chi connectivity index (χ2v) is 5.57. The van der Waals surface area contributed by atoms with Gasteiger partial charge in [-0.05, 0) is 24.1 Å². The lowest BCUT2D eigenvalue weighted by Gasteiger charge is -2.34. The van der Waals surface area contributed by atoms with Gasteiger partial charge in [-0.3, -0.25) is 4.79 Å². The van der Waals surface area contributed by atoms with Crippen LogP contribution in [0.25, 0.3) is 0 Å². The van der Waals surface area contributed by atoms with Gasteiger partial charge in [0.15, 0.2) is 0 Å². The average molecular weight is 298 g/mol. The Balaban J connectivity index is 1.68. The van der Waals surface area contributed by atoms with E-state index in [0.717, 1.165) is 13.0 Å². The van der Waals surface area contributed by atoms with Gasteiger partial charge in [0, 0.05) is 25.7 Å². The Morgan fingerprint density at radius 3 is 2.64 bits per heavy atom. The number of hydrogen-bond donors (Lipinski definition) is 1. The van der Waals surface area contributed by atoms with Gasteiger partial charge in [-0.15, -0.1) is 0 Å². The van der Waals surface area contributed by atoms with Gasteiger partial charge in [-0.25, -0.2) is 4.39 Å². The molecular weight excluding hydrogens is 279 g/mol. The fourth-order valence-electron chi connectivity index (χ4n) is 2.85. The summed E-state index contributed by atoms with van der Waals surface area (Å²) in [6.07, 6.45) is 0.863. The normalized spacial score (nSPS) is 18.2. The van der Waals surface area contributed by atoms with Crippen LogP contribution in [0.4, 0.5) is 4.39 Å². The van der Waals surface area contributed by atoms with Gasteiger partial charge < -0.3 is 10.2 Å². The maximum Gasteiger partial charge on any atom is 0.256 e. The number of amides is 1. The van der Waals surface area contributed by atoms with Crippen LogP contribution < -0.4 is 5.32 Å². The quantitative estimate of drug-likeness (QED) is 0.944. The molecule has 1 heterocycles. The van der Waals surface area contributed by atoms with E-state index in [2.05, 4.69) is 17.4 Å². The predicted octanol–water partition coefficient (Wildman–Crippen LogP) is 2.48. The van der Waals surface area contributed by atoms with Crippen LogP contribution in [0.5, 0.6) is 0 Å². The Morgan fingerprint density at radius 1 is 1.14 bits per heavy atom. The first-order valence-electron chi connectivity index (χ1n) is 7.55. The summed E-state index contributed by atoms with van der Waals surface area (Å²) in [4.78, 5) is 14.2. The number of nitrogens with one attached hydrogen (secondary N) is 1. The third-order valence-electron chi connectivity index (χ3n) is 3.97. The van der Waals surface area contributed by atoms with Crippen LogP contribution in [0.15, 0.2) is 54.6 Å². The molecule has 0 aromatic heterocycles. The average Bonchev–Trinajstić information content (AvgIpc) is 2.56. The molecule has 1 fully saturated rings. The van der Waals surface area contributed by atoms with E-state index in [1.165, 1.54) is 11.6 Å². The molecule has 1 aliphatic heterocycles. The summed E-state index contributed by atoms with van der Waals surface area (Å²) in [6, 6.07) is 16.6. The van der Waals surface area contributed by atoms with E-state index >= 15 is 0 Å². The molecule has 1 aliphatic rings. The zero-order valence-electron chi connectivity index (χ0n) is 12.3. The minimum absolute atomic E-state index is 0.155. The first-order chi connectivity index (χ1) is 10.7.